The van der Waals surface area contributed by atoms with E-state index in [0.717, 1.165) is 103 Å². The van der Waals surface area contributed by atoms with Gasteiger partial charge in [0, 0.05) is 19.4 Å². The summed E-state index contributed by atoms with van der Waals surface area (Å²) in [5.41, 5.74) is 0. The normalized spacial score (nSPS) is 13.0. The summed E-state index contributed by atoms with van der Waals surface area (Å²) in [6.45, 7) is 7.52. The molecule has 0 aromatic rings. The molecule has 0 aliphatic rings. The lowest BCUT2D eigenvalue weighted by Gasteiger charge is -2.18. The second kappa shape index (κ2) is 56.1. The number of hydrogen-bond donors (Lipinski definition) is 0. The Morgan fingerprint density at radius 2 is 0.621 bits per heavy atom. The summed E-state index contributed by atoms with van der Waals surface area (Å²) in [6, 6.07) is 0. The van der Waals surface area contributed by atoms with Crippen LogP contribution < -0.4 is 0 Å². The zero-order valence-corrected chi connectivity index (χ0v) is 43.4. The Balaban J connectivity index is 4.38. The average Bonchev–Trinajstić information content (AvgIpc) is 3.32. The lowest BCUT2D eigenvalue weighted by atomic mass is 10.0. The van der Waals surface area contributed by atoms with Crippen LogP contribution in [0.25, 0.3) is 0 Å². The van der Waals surface area contributed by atoms with Crippen molar-refractivity contribution in [2.24, 2.45) is 0 Å². The minimum absolute atomic E-state index is 0.123. The molecular formula is C61H104O5. The van der Waals surface area contributed by atoms with Gasteiger partial charge in [0.1, 0.15) is 19.3 Å². The predicted octanol–water partition coefficient (Wildman–Crippen LogP) is 19.0. The maximum Gasteiger partial charge on any atom is 0.305 e. The molecule has 5 nitrogen and oxygen atoms in total. The van der Waals surface area contributed by atoms with Crippen LogP contribution in [0.3, 0.4) is 0 Å². The highest BCUT2D eigenvalue weighted by atomic mass is 16.6. The van der Waals surface area contributed by atoms with E-state index in [9.17, 15) is 9.59 Å². The second-order valence-corrected chi connectivity index (χ2v) is 18.1. The van der Waals surface area contributed by atoms with Crippen molar-refractivity contribution in [3.05, 3.63) is 97.2 Å². The van der Waals surface area contributed by atoms with Crippen LogP contribution in [0.2, 0.25) is 0 Å². The van der Waals surface area contributed by atoms with Gasteiger partial charge < -0.3 is 14.2 Å². The first-order valence-electron chi connectivity index (χ1n) is 27.8. The molecule has 0 saturated heterocycles. The number of unbranched alkanes of at least 4 members (excludes halogenated alkanes) is 23. The van der Waals surface area contributed by atoms with E-state index in [1.165, 1.54) is 116 Å². The van der Waals surface area contributed by atoms with Gasteiger partial charge >= 0.3 is 11.9 Å². The lowest BCUT2D eigenvalue weighted by molar-refractivity contribution is -0.155. The fourth-order valence-corrected chi connectivity index (χ4v) is 7.46. The number of hydrogen-bond acceptors (Lipinski definition) is 5. The van der Waals surface area contributed by atoms with Gasteiger partial charge in [-0.25, -0.2) is 0 Å². The highest BCUT2D eigenvalue weighted by Crippen LogP contribution is 2.15. The smallest absolute Gasteiger partial charge is 0.305 e. The molecule has 0 heterocycles. The first-order valence-corrected chi connectivity index (χ1v) is 27.8. The van der Waals surface area contributed by atoms with Crippen molar-refractivity contribution in [1.29, 1.82) is 0 Å². The first-order chi connectivity index (χ1) is 32.6. The van der Waals surface area contributed by atoms with E-state index in [2.05, 4.69) is 118 Å². The van der Waals surface area contributed by atoms with Crippen LogP contribution in [0.15, 0.2) is 97.2 Å². The number of rotatable bonds is 50. The van der Waals surface area contributed by atoms with Gasteiger partial charge in [-0.1, -0.05) is 234 Å². The molecule has 0 saturated carbocycles. The molecule has 0 aliphatic heterocycles. The van der Waals surface area contributed by atoms with Gasteiger partial charge in [0.25, 0.3) is 0 Å². The third-order valence-electron chi connectivity index (χ3n) is 11.6. The highest BCUT2D eigenvalue weighted by Gasteiger charge is 2.16. The van der Waals surface area contributed by atoms with Crippen molar-refractivity contribution in [3.8, 4) is 0 Å². The molecule has 1 atom stereocenters. The van der Waals surface area contributed by atoms with E-state index in [0.29, 0.717) is 19.4 Å². The van der Waals surface area contributed by atoms with Gasteiger partial charge in [-0.05, 0) is 103 Å². The molecule has 0 unspecified atom stereocenters. The molecule has 0 N–H and O–H groups in total. The van der Waals surface area contributed by atoms with Crippen LogP contribution in [-0.4, -0.2) is 37.9 Å². The van der Waals surface area contributed by atoms with Crippen molar-refractivity contribution >= 4 is 11.9 Å². The zero-order valence-electron chi connectivity index (χ0n) is 43.4. The van der Waals surface area contributed by atoms with Crippen LogP contribution in [0.1, 0.15) is 252 Å². The average molecular weight is 917 g/mol. The molecule has 5 heteroatoms. The van der Waals surface area contributed by atoms with Gasteiger partial charge in [0.2, 0.25) is 0 Å². The Morgan fingerprint density at radius 1 is 0.333 bits per heavy atom. The molecule has 0 aromatic heterocycles. The minimum atomic E-state index is -0.433. The topological polar surface area (TPSA) is 61.8 Å². The quantitative estimate of drug-likeness (QED) is 0.0346. The molecule has 0 radical (unpaired) electrons. The summed E-state index contributed by atoms with van der Waals surface area (Å²) in [4.78, 5) is 25.3. The standard InChI is InChI=1S/C61H104O5/c1-4-7-10-13-16-19-22-25-28-30-31-32-34-37-40-43-46-49-52-55-61(63)66-58-59(64-56-53-50-47-44-41-38-35-29-26-23-20-17-14-11-8-5-2)57-65-60(62)54-51-48-45-42-39-36-33-27-24-21-18-15-12-9-6-3/h7,10,16,18-19,21,25,27-28,31-33,37,39-40,42,59H,4-6,8-9,11-15,17,20,22-24,26,29-30,34-36,38,41,43-58H2,1-3H3/b10-7-,19-16-,21-18-,28-25-,32-31-,33-27-,40-37-,42-39-/t59-/m0/s1. The Labute approximate surface area is 409 Å². The number of allylic oxidation sites excluding steroid dienone is 16. The third-order valence-corrected chi connectivity index (χ3v) is 11.6. The molecule has 0 spiro atoms. The van der Waals surface area contributed by atoms with Gasteiger partial charge in [-0.3, -0.25) is 9.59 Å². The summed E-state index contributed by atoms with van der Waals surface area (Å²) < 4.78 is 17.4. The molecule has 66 heavy (non-hydrogen) atoms. The number of carbonyl (C=O) groups excluding carboxylic acids is 2. The summed E-state index contributed by atoms with van der Waals surface area (Å²) in [6.07, 6.45) is 75.9. The van der Waals surface area contributed by atoms with E-state index < -0.39 is 6.10 Å². The van der Waals surface area contributed by atoms with Crippen LogP contribution in [0.4, 0.5) is 0 Å². The van der Waals surface area contributed by atoms with Crippen molar-refractivity contribution in [2.75, 3.05) is 19.8 Å². The van der Waals surface area contributed by atoms with E-state index >= 15 is 0 Å². The van der Waals surface area contributed by atoms with Crippen LogP contribution in [0.5, 0.6) is 0 Å². The second-order valence-electron chi connectivity index (χ2n) is 18.1. The fourth-order valence-electron chi connectivity index (χ4n) is 7.46. The molecule has 0 aromatic carbocycles. The molecule has 0 aliphatic carbocycles. The van der Waals surface area contributed by atoms with Gasteiger partial charge in [-0.15, -0.1) is 0 Å². The first kappa shape index (κ1) is 62.8. The Hall–Kier alpha value is -3.18. The molecule has 0 bridgehead atoms. The number of esters is 2. The molecular weight excluding hydrogens is 813 g/mol. The fraction of sp³-hybridized carbons (Fsp3) is 0.705. The Kier molecular flexibility index (Phi) is 53.4. The molecule has 378 valence electrons. The van der Waals surface area contributed by atoms with Crippen molar-refractivity contribution < 1.29 is 23.8 Å². The molecule has 0 fully saturated rings. The van der Waals surface area contributed by atoms with Crippen LogP contribution in [-0.2, 0) is 23.8 Å². The number of carbonyl (C=O) groups is 2. The number of ether oxygens (including phenoxy) is 3. The monoisotopic (exact) mass is 917 g/mol. The Bertz CT molecular complexity index is 1270. The summed E-state index contributed by atoms with van der Waals surface area (Å²) in [5, 5.41) is 0. The Morgan fingerprint density at radius 3 is 1.02 bits per heavy atom. The van der Waals surface area contributed by atoms with Crippen molar-refractivity contribution in [3.63, 3.8) is 0 Å². The highest BCUT2D eigenvalue weighted by molar-refractivity contribution is 5.69. The summed E-state index contributed by atoms with van der Waals surface area (Å²) >= 11 is 0. The van der Waals surface area contributed by atoms with Gasteiger partial charge in [0.05, 0.1) is 0 Å². The van der Waals surface area contributed by atoms with E-state index in [1.54, 1.807) is 0 Å². The van der Waals surface area contributed by atoms with Gasteiger partial charge in [0.15, 0.2) is 0 Å². The maximum atomic E-state index is 12.6. The zero-order chi connectivity index (χ0) is 47.7. The third kappa shape index (κ3) is 53.4. The van der Waals surface area contributed by atoms with Crippen LogP contribution >= 0.6 is 0 Å². The van der Waals surface area contributed by atoms with Crippen molar-refractivity contribution in [1.82, 2.24) is 0 Å². The lowest BCUT2D eigenvalue weighted by Crippen LogP contribution is -2.29. The largest absolute Gasteiger partial charge is 0.463 e. The predicted molar refractivity (Wildman–Crippen MR) is 288 cm³/mol. The van der Waals surface area contributed by atoms with Crippen molar-refractivity contribution in [2.45, 2.75) is 258 Å². The summed E-state index contributed by atoms with van der Waals surface area (Å²) in [5.74, 6) is -0.412. The molecule has 0 amide bonds. The summed E-state index contributed by atoms with van der Waals surface area (Å²) in [7, 11) is 0. The SMILES string of the molecule is CC/C=C\C/C=C\C/C=C\C/C=C\C/C=C\CCCCCC(=O)OC[C@H](COC(=O)CCCC/C=C\C/C=C\C/C=C\CCCCC)OCCCCCCCCCCCCCCCCCC. The van der Waals surface area contributed by atoms with E-state index in [1.807, 2.05) is 0 Å². The van der Waals surface area contributed by atoms with E-state index in [4.69, 9.17) is 14.2 Å². The maximum absolute atomic E-state index is 12.6. The van der Waals surface area contributed by atoms with E-state index in [-0.39, 0.29) is 25.2 Å². The van der Waals surface area contributed by atoms with Crippen LogP contribution in [0, 0.1) is 0 Å². The minimum Gasteiger partial charge on any atom is -0.463 e. The molecule has 0 rings (SSSR count). The van der Waals surface area contributed by atoms with Gasteiger partial charge in [-0.2, -0.15) is 0 Å².